The number of benzene rings is 2. The minimum Gasteiger partial charge on any atom is -0.497 e. The van der Waals surface area contributed by atoms with Crippen molar-refractivity contribution in [3.8, 4) is 5.75 Å². The SMILES string of the molecule is COc1cccc(SCC(=O)NCCCNC(=O)c2ccc(Br)cc2)c1. The summed E-state index contributed by atoms with van der Waals surface area (Å²) in [5.74, 6) is 0.977. The Morgan fingerprint density at radius 3 is 2.54 bits per heavy atom. The number of carbonyl (C=O) groups excluding carboxylic acids is 2. The molecular formula is C19H21BrN2O3S. The molecule has 0 aliphatic carbocycles. The Balaban J connectivity index is 1.59. The van der Waals surface area contributed by atoms with Gasteiger partial charge < -0.3 is 15.4 Å². The van der Waals surface area contributed by atoms with Crippen molar-refractivity contribution >= 4 is 39.5 Å². The Hall–Kier alpha value is -1.99. The molecule has 0 aromatic heterocycles. The number of amides is 2. The molecule has 0 bridgehead atoms. The summed E-state index contributed by atoms with van der Waals surface area (Å²) < 4.78 is 6.09. The molecule has 7 heteroatoms. The number of rotatable bonds is 9. The van der Waals surface area contributed by atoms with E-state index in [1.165, 1.54) is 11.8 Å². The number of thioether (sulfide) groups is 1. The van der Waals surface area contributed by atoms with Crippen molar-refractivity contribution in [1.82, 2.24) is 10.6 Å². The van der Waals surface area contributed by atoms with Gasteiger partial charge in [-0.05, 0) is 48.9 Å². The third-order valence-corrected chi connectivity index (χ3v) is 5.00. The summed E-state index contributed by atoms with van der Waals surface area (Å²) in [5.41, 5.74) is 0.618. The predicted molar refractivity (Wildman–Crippen MR) is 108 cm³/mol. The van der Waals surface area contributed by atoms with Crippen molar-refractivity contribution < 1.29 is 14.3 Å². The lowest BCUT2D eigenvalue weighted by Gasteiger charge is -2.07. The minimum atomic E-state index is -0.114. The number of ether oxygens (including phenoxy) is 1. The van der Waals surface area contributed by atoms with Crippen LogP contribution in [0.3, 0.4) is 0 Å². The van der Waals surface area contributed by atoms with Gasteiger partial charge in [-0.2, -0.15) is 0 Å². The van der Waals surface area contributed by atoms with Gasteiger partial charge in [-0.3, -0.25) is 9.59 Å². The second-order valence-corrected chi connectivity index (χ2v) is 7.40. The summed E-state index contributed by atoms with van der Waals surface area (Å²) in [5, 5.41) is 5.69. The summed E-state index contributed by atoms with van der Waals surface area (Å²) in [6, 6.07) is 14.8. The van der Waals surface area contributed by atoms with Gasteiger partial charge in [-0.15, -0.1) is 11.8 Å². The Labute approximate surface area is 166 Å². The number of methoxy groups -OCH3 is 1. The van der Waals surface area contributed by atoms with Gasteiger partial charge in [0, 0.05) is 28.0 Å². The standard InChI is InChI=1S/C19H21BrN2O3S/c1-25-16-4-2-5-17(12-16)26-13-18(23)21-10-3-11-22-19(24)14-6-8-15(20)9-7-14/h2,4-9,12H,3,10-11,13H2,1H3,(H,21,23)(H,22,24). The molecule has 138 valence electrons. The Morgan fingerprint density at radius 2 is 1.81 bits per heavy atom. The van der Waals surface area contributed by atoms with E-state index in [0.29, 0.717) is 30.8 Å². The molecular weight excluding hydrogens is 416 g/mol. The smallest absolute Gasteiger partial charge is 0.251 e. The van der Waals surface area contributed by atoms with Gasteiger partial charge >= 0.3 is 0 Å². The van der Waals surface area contributed by atoms with Crippen LogP contribution >= 0.6 is 27.7 Å². The summed E-state index contributed by atoms with van der Waals surface area (Å²) in [6.07, 6.45) is 0.678. The molecule has 0 aliphatic heterocycles. The van der Waals surface area contributed by atoms with Gasteiger partial charge in [0.2, 0.25) is 5.91 Å². The highest BCUT2D eigenvalue weighted by atomic mass is 79.9. The zero-order chi connectivity index (χ0) is 18.8. The monoisotopic (exact) mass is 436 g/mol. The molecule has 0 saturated heterocycles. The van der Waals surface area contributed by atoms with Crippen LogP contribution in [-0.4, -0.2) is 37.8 Å². The van der Waals surface area contributed by atoms with E-state index >= 15 is 0 Å². The summed E-state index contributed by atoms with van der Waals surface area (Å²) in [7, 11) is 1.62. The van der Waals surface area contributed by atoms with Gasteiger partial charge in [0.1, 0.15) is 5.75 Å². The van der Waals surface area contributed by atoms with E-state index in [1.54, 1.807) is 19.2 Å². The second kappa shape index (κ2) is 10.9. The van der Waals surface area contributed by atoms with Crippen LogP contribution < -0.4 is 15.4 Å². The van der Waals surface area contributed by atoms with Crippen LogP contribution in [0.15, 0.2) is 57.9 Å². The van der Waals surface area contributed by atoms with E-state index in [9.17, 15) is 9.59 Å². The number of hydrogen-bond acceptors (Lipinski definition) is 4. The van der Waals surface area contributed by atoms with Gasteiger partial charge in [-0.25, -0.2) is 0 Å². The van der Waals surface area contributed by atoms with Crippen molar-refractivity contribution in [1.29, 1.82) is 0 Å². The van der Waals surface area contributed by atoms with Crippen LogP contribution in [-0.2, 0) is 4.79 Å². The molecule has 0 fully saturated rings. The molecule has 2 N–H and O–H groups in total. The molecule has 0 radical (unpaired) electrons. The first kappa shape index (κ1) is 20.3. The number of hydrogen-bond donors (Lipinski definition) is 2. The van der Waals surface area contributed by atoms with Crippen LogP contribution in [0.2, 0.25) is 0 Å². The van der Waals surface area contributed by atoms with E-state index < -0.39 is 0 Å². The Kier molecular flexibility index (Phi) is 8.50. The molecule has 0 saturated carbocycles. The molecule has 2 amide bonds. The van der Waals surface area contributed by atoms with Crippen molar-refractivity contribution in [3.05, 3.63) is 58.6 Å². The first-order chi connectivity index (χ1) is 12.6. The number of halogens is 1. The quantitative estimate of drug-likeness (QED) is 0.466. The molecule has 0 unspecified atom stereocenters. The maximum Gasteiger partial charge on any atom is 0.251 e. The molecule has 2 aromatic carbocycles. The lowest BCUT2D eigenvalue weighted by atomic mass is 10.2. The van der Waals surface area contributed by atoms with Crippen LogP contribution in [0, 0.1) is 0 Å². The predicted octanol–water partition coefficient (Wildman–Crippen LogP) is 3.49. The molecule has 2 aromatic rings. The van der Waals surface area contributed by atoms with E-state index in [2.05, 4.69) is 26.6 Å². The Bertz CT molecular complexity index is 738. The maximum absolute atomic E-state index is 11.9. The number of nitrogens with one attached hydrogen (secondary N) is 2. The summed E-state index contributed by atoms with van der Waals surface area (Å²) in [4.78, 5) is 24.8. The van der Waals surface area contributed by atoms with Gasteiger partial charge in [0.25, 0.3) is 5.91 Å². The fourth-order valence-corrected chi connectivity index (χ4v) is 3.15. The van der Waals surface area contributed by atoms with Crippen molar-refractivity contribution in [2.75, 3.05) is 26.0 Å². The van der Waals surface area contributed by atoms with Crippen LogP contribution in [0.25, 0.3) is 0 Å². The third kappa shape index (κ3) is 7.09. The normalized spacial score (nSPS) is 10.2. The lowest BCUT2D eigenvalue weighted by Crippen LogP contribution is -2.30. The van der Waals surface area contributed by atoms with E-state index in [1.807, 2.05) is 36.4 Å². The molecule has 0 atom stereocenters. The molecule has 26 heavy (non-hydrogen) atoms. The van der Waals surface area contributed by atoms with Gasteiger partial charge in [0.05, 0.1) is 12.9 Å². The molecule has 0 spiro atoms. The first-order valence-electron chi connectivity index (χ1n) is 8.16. The largest absolute Gasteiger partial charge is 0.497 e. The molecule has 0 heterocycles. The zero-order valence-corrected chi connectivity index (χ0v) is 16.9. The van der Waals surface area contributed by atoms with Gasteiger partial charge in [-0.1, -0.05) is 22.0 Å². The fourth-order valence-electron chi connectivity index (χ4n) is 2.11. The average molecular weight is 437 g/mol. The average Bonchev–Trinajstić information content (AvgIpc) is 2.66. The van der Waals surface area contributed by atoms with E-state index in [-0.39, 0.29) is 11.8 Å². The van der Waals surface area contributed by atoms with E-state index in [4.69, 9.17) is 4.74 Å². The van der Waals surface area contributed by atoms with E-state index in [0.717, 1.165) is 15.1 Å². The number of carbonyl (C=O) groups is 2. The highest BCUT2D eigenvalue weighted by Gasteiger charge is 2.05. The topological polar surface area (TPSA) is 67.4 Å². The molecule has 0 aliphatic rings. The lowest BCUT2D eigenvalue weighted by molar-refractivity contribution is -0.118. The van der Waals surface area contributed by atoms with Crippen molar-refractivity contribution in [3.63, 3.8) is 0 Å². The van der Waals surface area contributed by atoms with Crippen LogP contribution in [0.4, 0.5) is 0 Å². The molecule has 2 rings (SSSR count). The second-order valence-electron chi connectivity index (χ2n) is 5.43. The van der Waals surface area contributed by atoms with Crippen molar-refractivity contribution in [2.45, 2.75) is 11.3 Å². The first-order valence-corrected chi connectivity index (χ1v) is 9.93. The minimum absolute atomic E-state index is 0.0305. The van der Waals surface area contributed by atoms with Gasteiger partial charge in [0.15, 0.2) is 0 Å². The maximum atomic E-state index is 11.9. The van der Waals surface area contributed by atoms with Crippen LogP contribution in [0.5, 0.6) is 5.75 Å². The zero-order valence-electron chi connectivity index (χ0n) is 14.5. The highest BCUT2D eigenvalue weighted by Crippen LogP contribution is 2.22. The van der Waals surface area contributed by atoms with Crippen LogP contribution in [0.1, 0.15) is 16.8 Å². The summed E-state index contributed by atoms with van der Waals surface area (Å²) in [6.45, 7) is 1.04. The Morgan fingerprint density at radius 1 is 1.08 bits per heavy atom. The fraction of sp³-hybridized carbons (Fsp3) is 0.263. The summed E-state index contributed by atoms with van der Waals surface area (Å²) >= 11 is 4.80. The highest BCUT2D eigenvalue weighted by molar-refractivity contribution is 9.10. The third-order valence-electron chi connectivity index (χ3n) is 3.48. The van der Waals surface area contributed by atoms with Crippen molar-refractivity contribution in [2.24, 2.45) is 0 Å². The molecule has 5 nitrogen and oxygen atoms in total.